The zero-order valence-corrected chi connectivity index (χ0v) is 20.2. The van der Waals surface area contributed by atoms with Gasteiger partial charge in [-0.15, -0.1) is 11.3 Å². The number of ether oxygens (including phenoxy) is 2. The van der Waals surface area contributed by atoms with Crippen molar-refractivity contribution < 1.29 is 19.4 Å². The summed E-state index contributed by atoms with van der Waals surface area (Å²) >= 11 is 5.17. The first-order valence-electron chi connectivity index (χ1n) is 9.99. The molecule has 0 saturated heterocycles. The van der Waals surface area contributed by atoms with E-state index < -0.39 is 5.97 Å². The molecule has 1 heterocycles. The fourth-order valence-electron chi connectivity index (χ4n) is 2.91. The van der Waals surface area contributed by atoms with Crippen LogP contribution in [0.4, 0.5) is 0 Å². The molecule has 6 heteroatoms. The van der Waals surface area contributed by atoms with Gasteiger partial charge in [-0.2, -0.15) is 0 Å². The molecule has 2 aromatic carbocycles. The second-order valence-corrected chi connectivity index (χ2v) is 9.26. The highest BCUT2D eigenvalue weighted by Gasteiger charge is 2.06. The van der Waals surface area contributed by atoms with E-state index in [0.717, 1.165) is 20.5 Å². The number of aliphatic carboxylic acids is 1. The van der Waals surface area contributed by atoms with Crippen molar-refractivity contribution in [2.24, 2.45) is 0 Å². The molecule has 32 heavy (non-hydrogen) atoms. The first-order valence-corrected chi connectivity index (χ1v) is 11.6. The van der Waals surface area contributed by atoms with Crippen LogP contribution in [0.5, 0.6) is 11.5 Å². The van der Waals surface area contributed by atoms with Crippen LogP contribution in [-0.4, -0.2) is 24.3 Å². The number of allylic oxidation sites excluding steroid dienone is 1. The number of benzene rings is 2. The predicted molar refractivity (Wildman–Crippen MR) is 132 cm³/mol. The van der Waals surface area contributed by atoms with E-state index in [1.54, 1.807) is 23.5 Å². The molecule has 0 amide bonds. The number of thiophene rings is 1. The van der Waals surface area contributed by atoms with Gasteiger partial charge < -0.3 is 14.6 Å². The average Bonchev–Trinajstić information content (AvgIpc) is 3.18. The van der Waals surface area contributed by atoms with Crippen molar-refractivity contribution >= 4 is 33.2 Å². The van der Waals surface area contributed by atoms with Crippen molar-refractivity contribution in [3.05, 3.63) is 92.1 Å². The van der Waals surface area contributed by atoms with Crippen LogP contribution in [0.3, 0.4) is 0 Å². The van der Waals surface area contributed by atoms with Gasteiger partial charge >= 0.3 is 5.97 Å². The minimum atomic E-state index is -1.01. The third-order valence-electron chi connectivity index (χ3n) is 4.49. The summed E-state index contributed by atoms with van der Waals surface area (Å²) in [5.41, 5.74) is 1.93. The lowest BCUT2D eigenvalue weighted by Crippen LogP contribution is -2.10. The van der Waals surface area contributed by atoms with E-state index in [9.17, 15) is 4.79 Å². The summed E-state index contributed by atoms with van der Waals surface area (Å²) in [5.74, 6) is 6.80. The van der Waals surface area contributed by atoms with E-state index in [2.05, 4.69) is 52.9 Å². The number of hydrogen-bond acceptors (Lipinski definition) is 4. The third-order valence-corrected chi connectivity index (χ3v) is 5.94. The normalized spacial score (nSPS) is 11.6. The lowest BCUT2D eigenvalue weighted by Gasteiger charge is -2.10. The second-order valence-electron chi connectivity index (χ2n) is 7.06. The standard InChI is InChI=1S/C26H23BrO4S/c1-18-16-23(11-14-25(18)31-17-26(28)29)30-15-3-4-20(21-6-9-22(27)10-7-21)8-13-24-12-5-19(2)32-24/h3-7,9-12,14,16,20H,15,17H2,1-2H3,(H,28,29)/b4-3-. The van der Waals surface area contributed by atoms with Crippen molar-refractivity contribution in [3.63, 3.8) is 0 Å². The minimum Gasteiger partial charge on any atom is -0.490 e. The van der Waals surface area contributed by atoms with Gasteiger partial charge in [-0.1, -0.05) is 46.0 Å². The molecule has 1 atom stereocenters. The van der Waals surface area contributed by atoms with E-state index in [0.29, 0.717) is 18.1 Å². The summed E-state index contributed by atoms with van der Waals surface area (Å²) in [6.45, 7) is 3.95. The second kappa shape index (κ2) is 11.6. The van der Waals surface area contributed by atoms with E-state index in [1.807, 2.05) is 43.3 Å². The largest absolute Gasteiger partial charge is 0.490 e. The lowest BCUT2D eigenvalue weighted by atomic mass is 9.99. The van der Waals surface area contributed by atoms with Crippen LogP contribution >= 0.6 is 27.3 Å². The smallest absolute Gasteiger partial charge is 0.341 e. The van der Waals surface area contributed by atoms with Crippen molar-refractivity contribution in [1.82, 2.24) is 0 Å². The number of carboxylic acids is 1. The van der Waals surface area contributed by atoms with Gasteiger partial charge in [-0.3, -0.25) is 0 Å². The van der Waals surface area contributed by atoms with Gasteiger partial charge in [0.05, 0.1) is 10.8 Å². The number of aryl methyl sites for hydroxylation is 2. The molecule has 1 N–H and O–H groups in total. The molecule has 1 unspecified atom stereocenters. The molecule has 1 aromatic heterocycles. The van der Waals surface area contributed by atoms with E-state index in [-0.39, 0.29) is 12.5 Å². The van der Waals surface area contributed by atoms with Gasteiger partial charge in [0, 0.05) is 9.35 Å². The zero-order valence-electron chi connectivity index (χ0n) is 17.8. The van der Waals surface area contributed by atoms with Crippen LogP contribution in [0.15, 0.2) is 71.2 Å². The lowest BCUT2D eigenvalue weighted by molar-refractivity contribution is -0.139. The molecule has 164 valence electrons. The molecular formula is C26H23BrO4S. The van der Waals surface area contributed by atoms with Gasteiger partial charge in [-0.05, 0) is 73.5 Å². The van der Waals surface area contributed by atoms with Crippen LogP contribution in [0.2, 0.25) is 0 Å². The SMILES string of the molecule is Cc1ccc(C#CC(/C=C\COc2ccc(OCC(=O)O)c(C)c2)c2ccc(Br)cc2)s1. The number of carbonyl (C=O) groups is 1. The molecule has 3 rings (SSSR count). The fraction of sp³-hybridized carbons (Fsp3) is 0.192. The Kier molecular flexibility index (Phi) is 8.55. The maximum absolute atomic E-state index is 10.7. The first kappa shape index (κ1) is 23.6. The monoisotopic (exact) mass is 510 g/mol. The maximum atomic E-state index is 10.7. The molecule has 0 aliphatic carbocycles. The number of rotatable bonds is 8. The molecule has 0 aliphatic rings. The van der Waals surface area contributed by atoms with Crippen molar-refractivity contribution in [2.45, 2.75) is 19.8 Å². The van der Waals surface area contributed by atoms with Crippen LogP contribution < -0.4 is 9.47 Å². The van der Waals surface area contributed by atoms with Crippen LogP contribution in [0, 0.1) is 25.7 Å². The van der Waals surface area contributed by atoms with E-state index in [4.69, 9.17) is 14.6 Å². The summed E-state index contributed by atoms with van der Waals surface area (Å²) in [5, 5.41) is 8.74. The molecule has 0 radical (unpaired) electrons. The Morgan fingerprint density at radius 3 is 2.56 bits per heavy atom. The number of hydrogen-bond donors (Lipinski definition) is 1. The number of halogens is 1. The predicted octanol–water partition coefficient (Wildman–Crippen LogP) is 6.36. The van der Waals surface area contributed by atoms with Gasteiger partial charge in [-0.25, -0.2) is 4.79 Å². The summed E-state index contributed by atoms with van der Waals surface area (Å²) < 4.78 is 12.1. The van der Waals surface area contributed by atoms with Crippen LogP contribution in [0.25, 0.3) is 0 Å². The summed E-state index contributed by atoms with van der Waals surface area (Å²) in [7, 11) is 0. The maximum Gasteiger partial charge on any atom is 0.341 e. The van der Waals surface area contributed by atoms with E-state index >= 15 is 0 Å². The van der Waals surface area contributed by atoms with Crippen LogP contribution in [-0.2, 0) is 4.79 Å². The minimum absolute atomic E-state index is 0.0531. The molecule has 0 spiro atoms. The van der Waals surface area contributed by atoms with Crippen molar-refractivity contribution in [3.8, 4) is 23.3 Å². The molecule has 4 nitrogen and oxygen atoms in total. The Morgan fingerprint density at radius 1 is 1.12 bits per heavy atom. The Balaban J connectivity index is 1.66. The molecular weight excluding hydrogens is 488 g/mol. The summed E-state index contributed by atoms with van der Waals surface area (Å²) in [6.07, 6.45) is 4.01. The Labute approximate surface area is 200 Å². The Morgan fingerprint density at radius 2 is 1.91 bits per heavy atom. The highest BCUT2D eigenvalue weighted by Crippen LogP contribution is 2.24. The highest BCUT2D eigenvalue weighted by atomic mass is 79.9. The van der Waals surface area contributed by atoms with Crippen LogP contribution in [0.1, 0.15) is 26.8 Å². The fourth-order valence-corrected chi connectivity index (χ4v) is 3.91. The molecule has 3 aromatic rings. The number of carboxylic acid groups (broad SMARTS) is 1. The topological polar surface area (TPSA) is 55.8 Å². The molecule has 0 fully saturated rings. The zero-order chi connectivity index (χ0) is 22.9. The molecule has 0 aliphatic heterocycles. The Hall–Kier alpha value is -3.01. The average molecular weight is 511 g/mol. The quantitative estimate of drug-likeness (QED) is 0.283. The Bertz CT molecular complexity index is 1150. The van der Waals surface area contributed by atoms with Crippen molar-refractivity contribution in [1.29, 1.82) is 0 Å². The molecule has 0 bridgehead atoms. The van der Waals surface area contributed by atoms with Gasteiger partial charge in [0.2, 0.25) is 0 Å². The summed E-state index contributed by atoms with van der Waals surface area (Å²) in [6, 6.07) is 17.6. The first-order chi connectivity index (χ1) is 15.4. The third kappa shape index (κ3) is 7.30. The van der Waals surface area contributed by atoms with Gasteiger partial charge in [0.25, 0.3) is 0 Å². The molecule has 0 saturated carbocycles. The highest BCUT2D eigenvalue weighted by molar-refractivity contribution is 9.10. The van der Waals surface area contributed by atoms with Crippen molar-refractivity contribution in [2.75, 3.05) is 13.2 Å². The summed E-state index contributed by atoms with van der Waals surface area (Å²) in [4.78, 5) is 13.0. The van der Waals surface area contributed by atoms with Gasteiger partial charge in [0.15, 0.2) is 6.61 Å². The van der Waals surface area contributed by atoms with Gasteiger partial charge in [0.1, 0.15) is 18.1 Å². The van der Waals surface area contributed by atoms with E-state index in [1.165, 1.54) is 4.88 Å².